The average molecular weight is 299 g/mol. The molecule has 1 aliphatic heterocycles. The van der Waals surface area contributed by atoms with Crippen molar-refractivity contribution in [1.82, 2.24) is 4.90 Å². The van der Waals surface area contributed by atoms with Crippen LogP contribution in [0, 0.1) is 11.7 Å². The van der Waals surface area contributed by atoms with E-state index in [0.29, 0.717) is 10.9 Å². The zero-order valence-electron chi connectivity index (χ0n) is 11.8. The van der Waals surface area contributed by atoms with E-state index in [9.17, 15) is 9.18 Å². The van der Waals surface area contributed by atoms with Gasteiger partial charge in [-0.1, -0.05) is 18.5 Å². The molecule has 1 aromatic carbocycles. The van der Waals surface area contributed by atoms with Crippen molar-refractivity contribution in [3.8, 4) is 0 Å². The Hall–Kier alpha value is -1.13. The van der Waals surface area contributed by atoms with Gasteiger partial charge in [0.25, 0.3) is 0 Å². The fraction of sp³-hybridized carbons (Fsp3) is 0.533. The maximum absolute atomic E-state index is 13.7. The maximum atomic E-state index is 13.7. The molecule has 0 saturated carbocycles. The van der Waals surface area contributed by atoms with E-state index in [1.165, 1.54) is 18.6 Å². The SMILES string of the molecule is C[C@H]1CCCN([C@@H](C)C(=O)Nc2ccc(Cl)cc2F)C1. The number of amides is 1. The fourth-order valence-electron chi connectivity index (χ4n) is 2.57. The molecule has 110 valence electrons. The van der Waals surface area contributed by atoms with Crippen LogP contribution in [0.1, 0.15) is 26.7 Å². The zero-order chi connectivity index (χ0) is 14.7. The lowest BCUT2D eigenvalue weighted by molar-refractivity contribution is -0.121. The Kier molecular flexibility index (Phi) is 5.00. The zero-order valence-corrected chi connectivity index (χ0v) is 12.6. The highest BCUT2D eigenvalue weighted by Gasteiger charge is 2.26. The minimum Gasteiger partial charge on any atom is -0.322 e. The quantitative estimate of drug-likeness (QED) is 0.926. The Bertz CT molecular complexity index is 495. The number of hydrogen-bond donors (Lipinski definition) is 1. The highest BCUT2D eigenvalue weighted by atomic mass is 35.5. The van der Waals surface area contributed by atoms with Crippen LogP contribution in [0.15, 0.2) is 18.2 Å². The number of piperidine rings is 1. The van der Waals surface area contributed by atoms with E-state index < -0.39 is 5.82 Å². The molecular weight excluding hydrogens is 279 g/mol. The second-order valence-corrected chi connectivity index (χ2v) is 5.97. The van der Waals surface area contributed by atoms with E-state index in [2.05, 4.69) is 17.1 Å². The Morgan fingerprint density at radius 1 is 1.55 bits per heavy atom. The summed E-state index contributed by atoms with van der Waals surface area (Å²) in [5.41, 5.74) is 0.177. The number of nitrogens with one attached hydrogen (secondary N) is 1. The molecule has 1 saturated heterocycles. The summed E-state index contributed by atoms with van der Waals surface area (Å²) in [5, 5.41) is 2.95. The number of nitrogens with zero attached hydrogens (tertiary/aromatic N) is 1. The number of carbonyl (C=O) groups excluding carboxylic acids is 1. The van der Waals surface area contributed by atoms with Gasteiger partial charge >= 0.3 is 0 Å². The van der Waals surface area contributed by atoms with Gasteiger partial charge in [0, 0.05) is 11.6 Å². The number of likely N-dealkylation sites (tertiary alicyclic amines) is 1. The summed E-state index contributed by atoms with van der Waals surface area (Å²) in [6, 6.07) is 3.99. The van der Waals surface area contributed by atoms with Gasteiger partial charge in [0.1, 0.15) is 5.82 Å². The number of rotatable bonds is 3. The van der Waals surface area contributed by atoms with Gasteiger partial charge in [0.05, 0.1) is 11.7 Å². The van der Waals surface area contributed by atoms with Gasteiger partial charge in [-0.3, -0.25) is 9.69 Å². The summed E-state index contributed by atoms with van der Waals surface area (Å²) in [7, 11) is 0. The third-order valence-corrected chi connectivity index (χ3v) is 4.04. The first-order valence-electron chi connectivity index (χ1n) is 6.97. The second-order valence-electron chi connectivity index (χ2n) is 5.53. The first kappa shape index (κ1) is 15.3. The van der Waals surface area contributed by atoms with E-state index in [1.54, 1.807) is 6.07 Å². The molecule has 0 aliphatic carbocycles. The van der Waals surface area contributed by atoms with Gasteiger partial charge in [-0.25, -0.2) is 4.39 Å². The molecule has 1 aromatic rings. The molecule has 5 heteroatoms. The number of halogens is 2. The van der Waals surface area contributed by atoms with Gasteiger partial charge in [0.15, 0.2) is 0 Å². The van der Waals surface area contributed by atoms with Crippen LogP contribution in [0.5, 0.6) is 0 Å². The van der Waals surface area contributed by atoms with Crippen LogP contribution < -0.4 is 5.32 Å². The van der Waals surface area contributed by atoms with Gasteiger partial charge in [0.2, 0.25) is 5.91 Å². The number of carbonyl (C=O) groups is 1. The third kappa shape index (κ3) is 3.70. The van der Waals surface area contributed by atoms with Crippen LogP contribution in [-0.4, -0.2) is 29.9 Å². The first-order chi connectivity index (χ1) is 9.47. The lowest BCUT2D eigenvalue weighted by Gasteiger charge is -2.34. The highest BCUT2D eigenvalue weighted by molar-refractivity contribution is 6.30. The summed E-state index contributed by atoms with van der Waals surface area (Å²) >= 11 is 5.69. The van der Waals surface area contributed by atoms with Crippen molar-refractivity contribution in [3.63, 3.8) is 0 Å². The van der Waals surface area contributed by atoms with Crippen LogP contribution in [0.25, 0.3) is 0 Å². The highest BCUT2D eigenvalue weighted by Crippen LogP contribution is 2.21. The number of anilines is 1. The Balaban J connectivity index is 2.00. The summed E-state index contributed by atoms with van der Waals surface area (Å²) in [6.07, 6.45) is 2.31. The first-order valence-corrected chi connectivity index (χ1v) is 7.35. The van der Waals surface area contributed by atoms with Crippen LogP contribution in [0.2, 0.25) is 5.02 Å². The van der Waals surface area contributed by atoms with Crippen molar-refractivity contribution in [2.24, 2.45) is 5.92 Å². The van der Waals surface area contributed by atoms with Gasteiger partial charge < -0.3 is 5.32 Å². The van der Waals surface area contributed by atoms with Crippen molar-refractivity contribution in [3.05, 3.63) is 29.0 Å². The van der Waals surface area contributed by atoms with Crippen LogP contribution in [0.3, 0.4) is 0 Å². The molecule has 0 aromatic heterocycles. The van der Waals surface area contributed by atoms with Crippen LogP contribution in [-0.2, 0) is 4.79 Å². The molecule has 1 N–H and O–H groups in total. The summed E-state index contributed by atoms with van der Waals surface area (Å²) < 4.78 is 13.7. The Morgan fingerprint density at radius 2 is 2.30 bits per heavy atom. The predicted octanol–water partition coefficient (Wildman–Crippen LogP) is 3.54. The van der Waals surface area contributed by atoms with Gasteiger partial charge in [-0.15, -0.1) is 0 Å². The lowest BCUT2D eigenvalue weighted by atomic mass is 9.99. The number of hydrogen-bond acceptors (Lipinski definition) is 2. The smallest absolute Gasteiger partial charge is 0.241 e. The van der Waals surface area contributed by atoms with Crippen molar-refractivity contribution < 1.29 is 9.18 Å². The predicted molar refractivity (Wildman–Crippen MR) is 79.5 cm³/mol. The molecule has 0 unspecified atom stereocenters. The largest absolute Gasteiger partial charge is 0.322 e. The van der Waals surface area contributed by atoms with Crippen LogP contribution >= 0.6 is 11.6 Å². The molecule has 1 aliphatic rings. The minimum absolute atomic E-state index is 0.177. The van der Waals surface area contributed by atoms with Crippen molar-refractivity contribution in [2.45, 2.75) is 32.7 Å². The molecule has 3 nitrogen and oxygen atoms in total. The second kappa shape index (κ2) is 6.55. The van der Waals surface area contributed by atoms with E-state index in [-0.39, 0.29) is 17.6 Å². The maximum Gasteiger partial charge on any atom is 0.241 e. The standard InChI is InChI=1S/C15H20ClFN2O/c1-10-4-3-7-19(9-10)11(2)15(20)18-14-6-5-12(16)8-13(14)17/h5-6,8,10-11H,3-4,7,9H2,1-2H3,(H,18,20)/t10-,11-/m0/s1. The molecule has 20 heavy (non-hydrogen) atoms. The average Bonchev–Trinajstić information content (AvgIpc) is 2.41. The van der Waals surface area contributed by atoms with Crippen LogP contribution in [0.4, 0.5) is 10.1 Å². The molecule has 0 radical (unpaired) electrons. The molecule has 1 fully saturated rings. The topological polar surface area (TPSA) is 32.3 Å². The molecule has 2 rings (SSSR count). The van der Waals surface area contributed by atoms with Crippen molar-refractivity contribution in [1.29, 1.82) is 0 Å². The molecule has 0 spiro atoms. The monoisotopic (exact) mass is 298 g/mol. The van der Waals surface area contributed by atoms with Gasteiger partial charge in [-0.05, 0) is 50.4 Å². The van der Waals surface area contributed by atoms with Gasteiger partial charge in [-0.2, -0.15) is 0 Å². The summed E-state index contributed by atoms with van der Waals surface area (Å²) in [4.78, 5) is 14.4. The molecule has 2 atom stereocenters. The van der Waals surface area contributed by atoms with E-state index >= 15 is 0 Å². The van der Waals surface area contributed by atoms with Crippen molar-refractivity contribution in [2.75, 3.05) is 18.4 Å². The minimum atomic E-state index is -0.509. The van der Waals surface area contributed by atoms with E-state index in [0.717, 1.165) is 19.5 Å². The summed E-state index contributed by atoms with van der Waals surface area (Å²) in [6.45, 7) is 5.89. The van der Waals surface area contributed by atoms with E-state index in [1.807, 2.05) is 6.92 Å². The lowest BCUT2D eigenvalue weighted by Crippen LogP contribution is -2.46. The molecular formula is C15H20ClFN2O. The van der Waals surface area contributed by atoms with E-state index in [4.69, 9.17) is 11.6 Å². The molecule has 1 amide bonds. The van der Waals surface area contributed by atoms with Crippen molar-refractivity contribution >= 4 is 23.2 Å². The molecule has 0 bridgehead atoms. The normalized spacial score (nSPS) is 21.5. The fourth-order valence-corrected chi connectivity index (χ4v) is 2.73. The number of benzene rings is 1. The Labute approximate surface area is 124 Å². The third-order valence-electron chi connectivity index (χ3n) is 3.80. The Morgan fingerprint density at radius 3 is 2.95 bits per heavy atom. The molecule has 1 heterocycles. The summed E-state index contributed by atoms with van der Waals surface area (Å²) in [5.74, 6) is -0.0864.